The van der Waals surface area contributed by atoms with Crippen molar-refractivity contribution in [3.63, 3.8) is 0 Å². The Labute approximate surface area is 105 Å². The Bertz CT molecular complexity index is 443. The number of imidazole rings is 1. The zero-order valence-electron chi connectivity index (χ0n) is 10.3. The van der Waals surface area contributed by atoms with Crippen LogP contribution in [0.2, 0.25) is 0 Å². The van der Waals surface area contributed by atoms with E-state index in [1.807, 2.05) is 6.92 Å². The van der Waals surface area contributed by atoms with Gasteiger partial charge in [0.1, 0.15) is 11.2 Å². The Kier molecular flexibility index (Phi) is 3.36. The zero-order chi connectivity index (χ0) is 13.2. The van der Waals surface area contributed by atoms with Crippen LogP contribution in [0.3, 0.4) is 0 Å². The number of aromatic amines is 1. The average molecular weight is 251 g/mol. The number of hydrogen-bond donors (Lipinski definition) is 3. The molecule has 2 rings (SSSR count). The van der Waals surface area contributed by atoms with E-state index in [9.17, 15) is 14.7 Å². The molecule has 6 heteroatoms. The highest BCUT2D eigenvalue weighted by Gasteiger charge is 2.43. The summed E-state index contributed by atoms with van der Waals surface area (Å²) in [5.41, 5.74) is -0.853. The maximum absolute atomic E-state index is 11.9. The smallest absolute Gasteiger partial charge is 0.329 e. The van der Waals surface area contributed by atoms with E-state index in [1.54, 1.807) is 0 Å². The fourth-order valence-corrected chi connectivity index (χ4v) is 2.58. The second kappa shape index (κ2) is 4.80. The average Bonchev–Trinajstić information content (AvgIpc) is 2.82. The van der Waals surface area contributed by atoms with Crippen molar-refractivity contribution in [2.75, 3.05) is 0 Å². The third kappa shape index (κ3) is 2.37. The van der Waals surface area contributed by atoms with Crippen LogP contribution in [0, 0.1) is 5.92 Å². The summed E-state index contributed by atoms with van der Waals surface area (Å²) in [6.07, 6.45) is 5.56. The number of aliphatic carboxylic acids is 1. The molecule has 0 spiro atoms. The van der Waals surface area contributed by atoms with Crippen molar-refractivity contribution in [2.24, 2.45) is 5.92 Å². The molecular weight excluding hydrogens is 234 g/mol. The molecule has 0 aromatic carbocycles. The van der Waals surface area contributed by atoms with Gasteiger partial charge >= 0.3 is 5.97 Å². The summed E-state index contributed by atoms with van der Waals surface area (Å²) >= 11 is 0. The fourth-order valence-electron chi connectivity index (χ4n) is 2.58. The molecule has 0 radical (unpaired) electrons. The number of hydrogen-bond acceptors (Lipinski definition) is 3. The Balaban J connectivity index is 2.16. The van der Waals surface area contributed by atoms with Crippen LogP contribution in [0.15, 0.2) is 12.5 Å². The first-order valence-corrected chi connectivity index (χ1v) is 6.08. The molecule has 1 aromatic rings. The van der Waals surface area contributed by atoms with Gasteiger partial charge < -0.3 is 15.4 Å². The van der Waals surface area contributed by atoms with Crippen LogP contribution in [-0.4, -0.2) is 32.5 Å². The van der Waals surface area contributed by atoms with Crippen LogP contribution in [0.25, 0.3) is 0 Å². The number of carboxylic acid groups (broad SMARTS) is 1. The summed E-state index contributed by atoms with van der Waals surface area (Å²) < 4.78 is 0. The monoisotopic (exact) mass is 251 g/mol. The number of nitrogens with zero attached hydrogens (tertiary/aromatic N) is 1. The van der Waals surface area contributed by atoms with Crippen LogP contribution >= 0.6 is 0 Å². The van der Waals surface area contributed by atoms with Crippen molar-refractivity contribution >= 4 is 11.9 Å². The summed E-state index contributed by atoms with van der Waals surface area (Å²) in [4.78, 5) is 29.9. The maximum Gasteiger partial charge on any atom is 0.329 e. The molecule has 3 N–H and O–H groups in total. The third-order valence-electron chi connectivity index (χ3n) is 3.50. The molecule has 1 fully saturated rings. The van der Waals surface area contributed by atoms with E-state index in [4.69, 9.17) is 0 Å². The molecule has 1 heterocycles. The Hall–Kier alpha value is -1.85. The summed E-state index contributed by atoms with van der Waals surface area (Å²) in [5, 5.41) is 12.1. The molecule has 18 heavy (non-hydrogen) atoms. The maximum atomic E-state index is 11.9. The molecule has 0 saturated heterocycles. The lowest BCUT2D eigenvalue weighted by Crippen LogP contribution is -2.56. The molecule has 2 atom stereocenters. The summed E-state index contributed by atoms with van der Waals surface area (Å²) in [5.74, 6) is -1.07. The second-order valence-corrected chi connectivity index (χ2v) is 5.01. The van der Waals surface area contributed by atoms with Gasteiger partial charge in [0.2, 0.25) is 0 Å². The highest BCUT2D eigenvalue weighted by molar-refractivity contribution is 5.96. The van der Waals surface area contributed by atoms with Crippen molar-refractivity contribution in [1.82, 2.24) is 15.3 Å². The number of carboxylic acids is 1. The highest BCUT2D eigenvalue weighted by atomic mass is 16.4. The largest absolute Gasteiger partial charge is 0.480 e. The van der Waals surface area contributed by atoms with Gasteiger partial charge in [0.05, 0.1) is 12.5 Å². The van der Waals surface area contributed by atoms with E-state index in [0.29, 0.717) is 18.8 Å². The number of carbonyl (C=O) groups excluding carboxylic acids is 1. The minimum absolute atomic E-state index is 0.286. The SMILES string of the molecule is CC1CCCC(NC(=O)c2cnc[nH]2)(C(=O)O)C1. The van der Waals surface area contributed by atoms with Crippen LogP contribution in [0.1, 0.15) is 43.1 Å². The lowest BCUT2D eigenvalue weighted by molar-refractivity contribution is -0.146. The fraction of sp³-hybridized carbons (Fsp3) is 0.583. The molecule has 0 aliphatic heterocycles. The van der Waals surface area contributed by atoms with Crippen molar-refractivity contribution < 1.29 is 14.7 Å². The molecule has 1 aliphatic carbocycles. The van der Waals surface area contributed by atoms with Gasteiger partial charge in [0.25, 0.3) is 5.91 Å². The Morgan fingerprint density at radius 2 is 2.39 bits per heavy atom. The molecule has 1 amide bonds. The van der Waals surface area contributed by atoms with E-state index >= 15 is 0 Å². The lowest BCUT2D eigenvalue weighted by atomic mass is 9.76. The minimum Gasteiger partial charge on any atom is -0.480 e. The van der Waals surface area contributed by atoms with Gasteiger partial charge in [0.15, 0.2) is 0 Å². The molecule has 6 nitrogen and oxygen atoms in total. The molecule has 1 saturated carbocycles. The first kappa shape index (κ1) is 12.6. The van der Waals surface area contributed by atoms with Gasteiger partial charge in [0, 0.05) is 0 Å². The number of aromatic nitrogens is 2. The normalized spacial score (nSPS) is 27.7. The highest BCUT2D eigenvalue weighted by Crippen LogP contribution is 2.32. The summed E-state index contributed by atoms with van der Waals surface area (Å²) in [6.45, 7) is 2.01. The van der Waals surface area contributed by atoms with Crippen molar-refractivity contribution in [3.05, 3.63) is 18.2 Å². The topological polar surface area (TPSA) is 95.1 Å². The van der Waals surface area contributed by atoms with Gasteiger partial charge in [-0.2, -0.15) is 0 Å². The molecule has 0 bridgehead atoms. The van der Waals surface area contributed by atoms with Crippen molar-refractivity contribution in [3.8, 4) is 0 Å². The predicted octanol–water partition coefficient (Wildman–Crippen LogP) is 1.17. The van der Waals surface area contributed by atoms with Crippen LogP contribution in [-0.2, 0) is 4.79 Å². The minimum atomic E-state index is -1.14. The van der Waals surface area contributed by atoms with Crippen LogP contribution in [0.4, 0.5) is 0 Å². The van der Waals surface area contributed by atoms with Crippen molar-refractivity contribution in [1.29, 1.82) is 0 Å². The van der Waals surface area contributed by atoms with E-state index < -0.39 is 17.4 Å². The van der Waals surface area contributed by atoms with Crippen LogP contribution < -0.4 is 5.32 Å². The van der Waals surface area contributed by atoms with E-state index in [0.717, 1.165) is 12.8 Å². The molecular formula is C12H17N3O3. The van der Waals surface area contributed by atoms with E-state index in [2.05, 4.69) is 15.3 Å². The number of nitrogens with one attached hydrogen (secondary N) is 2. The lowest BCUT2D eigenvalue weighted by Gasteiger charge is -2.36. The van der Waals surface area contributed by atoms with E-state index in [-0.39, 0.29) is 5.69 Å². The number of H-pyrrole nitrogens is 1. The molecule has 2 unspecified atom stereocenters. The first-order chi connectivity index (χ1) is 8.53. The van der Waals surface area contributed by atoms with Crippen LogP contribution in [0.5, 0.6) is 0 Å². The molecule has 1 aromatic heterocycles. The predicted molar refractivity (Wildman–Crippen MR) is 64.1 cm³/mol. The van der Waals surface area contributed by atoms with Crippen molar-refractivity contribution in [2.45, 2.75) is 38.1 Å². The van der Waals surface area contributed by atoms with Gasteiger partial charge in [-0.3, -0.25) is 4.79 Å². The quantitative estimate of drug-likeness (QED) is 0.751. The Morgan fingerprint density at radius 3 is 2.94 bits per heavy atom. The zero-order valence-corrected chi connectivity index (χ0v) is 10.3. The third-order valence-corrected chi connectivity index (χ3v) is 3.50. The van der Waals surface area contributed by atoms with E-state index in [1.165, 1.54) is 12.5 Å². The van der Waals surface area contributed by atoms with Gasteiger partial charge in [-0.25, -0.2) is 9.78 Å². The number of amides is 1. The first-order valence-electron chi connectivity index (χ1n) is 6.08. The molecule has 98 valence electrons. The van der Waals surface area contributed by atoms with Gasteiger partial charge in [-0.15, -0.1) is 0 Å². The Morgan fingerprint density at radius 1 is 1.61 bits per heavy atom. The summed E-state index contributed by atoms with van der Waals surface area (Å²) in [7, 11) is 0. The summed E-state index contributed by atoms with van der Waals surface area (Å²) in [6, 6.07) is 0. The standard InChI is InChI=1S/C12H17N3O3/c1-8-3-2-4-12(5-8,11(17)18)15-10(16)9-6-13-7-14-9/h6-8H,2-5H2,1H3,(H,13,14)(H,15,16)(H,17,18). The molecule has 1 aliphatic rings. The number of carbonyl (C=O) groups is 2. The second-order valence-electron chi connectivity index (χ2n) is 5.01. The van der Waals surface area contributed by atoms with Gasteiger partial charge in [-0.05, 0) is 18.8 Å². The number of rotatable bonds is 3. The van der Waals surface area contributed by atoms with Gasteiger partial charge in [-0.1, -0.05) is 19.8 Å².